The van der Waals surface area contributed by atoms with Crippen LogP contribution >= 0.6 is 38.9 Å². The second kappa shape index (κ2) is 7.76. The molecule has 2 aromatic heterocycles. The highest BCUT2D eigenvalue weighted by Gasteiger charge is 2.24. The number of amides is 1. The van der Waals surface area contributed by atoms with Gasteiger partial charge in [-0.15, -0.1) is 0 Å². The van der Waals surface area contributed by atoms with Gasteiger partial charge in [-0.1, -0.05) is 57.1 Å². The van der Waals surface area contributed by atoms with Crippen LogP contribution in [-0.4, -0.2) is 15.9 Å². The predicted octanol–water partition coefficient (Wildman–Crippen LogP) is 5.95. The van der Waals surface area contributed by atoms with Crippen LogP contribution in [0.25, 0.3) is 10.2 Å². The second-order valence-corrected chi connectivity index (χ2v) is 8.17. The Bertz CT molecular complexity index is 1080. The van der Waals surface area contributed by atoms with Crippen LogP contribution in [0.15, 0.2) is 71.5 Å². The molecule has 0 aliphatic rings. The molecular formula is C20H13BrClN3OS. The molecule has 2 heterocycles. The largest absolute Gasteiger partial charge is 0.279 e. The molecule has 0 aliphatic heterocycles. The third-order valence-electron chi connectivity index (χ3n) is 3.98. The number of hydrogen-bond acceptors (Lipinski definition) is 4. The lowest BCUT2D eigenvalue weighted by Gasteiger charge is -2.20. The Morgan fingerprint density at radius 3 is 2.78 bits per heavy atom. The quantitative estimate of drug-likeness (QED) is 0.379. The molecule has 7 heteroatoms. The molecule has 27 heavy (non-hydrogen) atoms. The van der Waals surface area contributed by atoms with Gasteiger partial charge in [0.1, 0.15) is 0 Å². The maximum absolute atomic E-state index is 13.4. The number of benzene rings is 2. The van der Waals surface area contributed by atoms with Gasteiger partial charge in [0.15, 0.2) is 5.13 Å². The standard InChI is InChI=1S/C20H13BrClN3OS/c21-14-7-8-16(22)15(10-14)19(26)25(12-13-4-3-9-23-11-13)20-24-17-5-1-2-6-18(17)27-20/h1-11H,12H2. The minimum absolute atomic E-state index is 0.204. The third kappa shape index (κ3) is 3.88. The number of fused-ring (bicyclic) bond motifs is 1. The van der Waals surface area contributed by atoms with E-state index in [9.17, 15) is 4.79 Å². The first kappa shape index (κ1) is 18.1. The van der Waals surface area contributed by atoms with E-state index in [4.69, 9.17) is 11.6 Å². The fraction of sp³-hybridized carbons (Fsp3) is 0.0500. The number of aromatic nitrogens is 2. The van der Waals surface area contributed by atoms with Crippen molar-refractivity contribution in [2.45, 2.75) is 6.54 Å². The van der Waals surface area contributed by atoms with E-state index < -0.39 is 0 Å². The second-order valence-electron chi connectivity index (χ2n) is 5.84. The summed E-state index contributed by atoms with van der Waals surface area (Å²) in [7, 11) is 0. The summed E-state index contributed by atoms with van der Waals surface area (Å²) in [5.41, 5.74) is 2.20. The molecule has 0 atom stereocenters. The molecule has 4 aromatic rings. The van der Waals surface area contributed by atoms with Gasteiger partial charge in [-0.2, -0.15) is 0 Å². The highest BCUT2D eigenvalue weighted by Crippen LogP contribution is 2.32. The first-order valence-electron chi connectivity index (χ1n) is 8.13. The van der Waals surface area contributed by atoms with E-state index in [1.165, 1.54) is 11.3 Å². The maximum atomic E-state index is 13.4. The molecule has 2 aromatic carbocycles. The molecule has 0 saturated heterocycles. The fourth-order valence-corrected chi connectivity index (χ4v) is 4.21. The highest BCUT2D eigenvalue weighted by atomic mass is 79.9. The molecule has 4 rings (SSSR count). The van der Waals surface area contributed by atoms with Gasteiger partial charge in [-0.05, 0) is 42.0 Å². The number of halogens is 2. The lowest BCUT2D eigenvalue weighted by molar-refractivity contribution is 0.0985. The SMILES string of the molecule is O=C(c1cc(Br)ccc1Cl)N(Cc1cccnc1)c1nc2ccccc2s1. The number of carbonyl (C=O) groups excluding carboxylic acids is 1. The van der Waals surface area contributed by atoms with Crippen LogP contribution in [0.3, 0.4) is 0 Å². The molecule has 0 fully saturated rings. The van der Waals surface area contributed by atoms with E-state index in [1.54, 1.807) is 29.4 Å². The van der Waals surface area contributed by atoms with Gasteiger partial charge >= 0.3 is 0 Å². The third-order valence-corrected chi connectivity index (χ3v) is 5.86. The van der Waals surface area contributed by atoms with Crippen molar-refractivity contribution in [1.82, 2.24) is 9.97 Å². The van der Waals surface area contributed by atoms with Crippen molar-refractivity contribution in [1.29, 1.82) is 0 Å². The zero-order valence-corrected chi connectivity index (χ0v) is 17.1. The van der Waals surface area contributed by atoms with E-state index in [2.05, 4.69) is 25.9 Å². The maximum Gasteiger partial charge on any atom is 0.261 e. The Kier molecular flexibility index (Phi) is 5.20. The van der Waals surface area contributed by atoms with Crippen molar-refractivity contribution in [3.8, 4) is 0 Å². The predicted molar refractivity (Wildman–Crippen MR) is 114 cm³/mol. The number of nitrogens with zero attached hydrogens (tertiary/aromatic N) is 3. The van der Waals surface area contributed by atoms with E-state index in [0.717, 1.165) is 20.3 Å². The molecule has 0 spiro atoms. The van der Waals surface area contributed by atoms with Crippen LogP contribution < -0.4 is 4.90 Å². The summed E-state index contributed by atoms with van der Waals surface area (Å²) in [6, 6.07) is 16.9. The van der Waals surface area contributed by atoms with Crippen molar-refractivity contribution in [3.05, 3.63) is 87.6 Å². The van der Waals surface area contributed by atoms with Gasteiger partial charge in [0, 0.05) is 16.9 Å². The molecule has 0 aliphatic carbocycles. The van der Waals surface area contributed by atoms with Gasteiger partial charge < -0.3 is 0 Å². The highest BCUT2D eigenvalue weighted by molar-refractivity contribution is 9.10. The Morgan fingerprint density at radius 1 is 1.15 bits per heavy atom. The summed E-state index contributed by atoms with van der Waals surface area (Å²) >= 11 is 11.2. The normalized spacial score (nSPS) is 10.9. The number of thiazole rings is 1. The average Bonchev–Trinajstić information content (AvgIpc) is 3.12. The molecule has 0 bridgehead atoms. The van der Waals surface area contributed by atoms with Crippen molar-refractivity contribution < 1.29 is 4.79 Å². The number of hydrogen-bond donors (Lipinski definition) is 0. The Balaban J connectivity index is 1.79. The fourth-order valence-electron chi connectivity index (χ4n) is 2.68. The van der Waals surface area contributed by atoms with Crippen LogP contribution in [0.2, 0.25) is 5.02 Å². The minimum Gasteiger partial charge on any atom is -0.279 e. The van der Waals surface area contributed by atoms with Crippen LogP contribution in [-0.2, 0) is 6.54 Å². The molecule has 1 amide bonds. The van der Waals surface area contributed by atoms with E-state index in [-0.39, 0.29) is 5.91 Å². The smallest absolute Gasteiger partial charge is 0.261 e. The monoisotopic (exact) mass is 457 g/mol. The number of rotatable bonds is 4. The van der Waals surface area contributed by atoms with E-state index in [0.29, 0.717) is 22.3 Å². The molecule has 134 valence electrons. The molecule has 0 unspecified atom stereocenters. The number of pyridine rings is 1. The van der Waals surface area contributed by atoms with E-state index >= 15 is 0 Å². The van der Waals surface area contributed by atoms with Crippen LogP contribution in [0.5, 0.6) is 0 Å². The lowest BCUT2D eigenvalue weighted by Crippen LogP contribution is -2.30. The molecule has 4 nitrogen and oxygen atoms in total. The zero-order valence-electron chi connectivity index (χ0n) is 14.0. The van der Waals surface area contributed by atoms with E-state index in [1.807, 2.05) is 42.5 Å². The summed E-state index contributed by atoms with van der Waals surface area (Å²) in [6.07, 6.45) is 3.45. The lowest BCUT2D eigenvalue weighted by atomic mass is 10.2. The zero-order chi connectivity index (χ0) is 18.8. The van der Waals surface area contributed by atoms with Gasteiger partial charge in [0.25, 0.3) is 5.91 Å². The van der Waals surface area contributed by atoms with Gasteiger partial charge in [-0.25, -0.2) is 4.98 Å². The topological polar surface area (TPSA) is 46.1 Å². The van der Waals surface area contributed by atoms with Gasteiger partial charge in [-0.3, -0.25) is 14.7 Å². The van der Waals surface area contributed by atoms with Gasteiger partial charge in [0.2, 0.25) is 0 Å². The van der Waals surface area contributed by atoms with Crippen molar-refractivity contribution >= 4 is 60.1 Å². The van der Waals surface area contributed by atoms with Crippen molar-refractivity contribution in [3.63, 3.8) is 0 Å². The minimum atomic E-state index is -0.204. The molecule has 0 radical (unpaired) electrons. The Hall–Kier alpha value is -2.28. The summed E-state index contributed by atoms with van der Waals surface area (Å²) in [6.45, 7) is 0.356. The number of para-hydroxylation sites is 1. The number of carbonyl (C=O) groups is 1. The van der Waals surface area contributed by atoms with Crippen molar-refractivity contribution in [2.75, 3.05) is 4.90 Å². The summed E-state index contributed by atoms with van der Waals surface area (Å²) < 4.78 is 1.82. The first-order valence-corrected chi connectivity index (χ1v) is 10.1. The van der Waals surface area contributed by atoms with Crippen LogP contribution in [0, 0.1) is 0 Å². The summed E-state index contributed by atoms with van der Waals surface area (Å²) in [5.74, 6) is -0.204. The van der Waals surface area contributed by atoms with Crippen LogP contribution in [0.4, 0.5) is 5.13 Å². The summed E-state index contributed by atoms with van der Waals surface area (Å²) in [5, 5.41) is 1.03. The molecule has 0 N–H and O–H groups in total. The molecule has 0 saturated carbocycles. The average molecular weight is 459 g/mol. The summed E-state index contributed by atoms with van der Waals surface area (Å²) in [4.78, 5) is 23.8. The first-order chi connectivity index (χ1) is 13.1. The Morgan fingerprint density at radius 2 is 2.00 bits per heavy atom. The van der Waals surface area contributed by atoms with Crippen LogP contribution in [0.1, 0.15) is 15.9 Å². The van der Waals surface area contributed by atoms with Crippen molar-refractivity contribution in [2.24, 2.45) is 0 Å². The molecular weight excluding hydrogens is 446 g/mol. The Labute approximate surface area is 173 Å². The van der Waals surface area contributed by atoms with Gasteiger partial charge in [0.05, 0.1) is 27.3 Å². The number of anilines is 1.